The monoisotopic (exact) mass is 421 g/mol. The van der Waals surface area contributed by atoms with Gasteiger partial charge in [-0.2, -0.15) is 5.10 Å². The average molecular weight is 422 g/mol. The van der Waals surface area contributed by atoms with Gasteiger partial charge in [0.25, 0.3) is 5.91 Å². The number of aromatic amines is 1. The SMILES string of the molecule is O=C(NCc1ccc(CN2CCCCC2)cc1)c1ccc(CSc2ncn[nH]2)cc1. The molecule has 156 valence electrons. The molecule has 0 bridgehead atoms. The van der Waals surface area contributed by atoms with Crippen LogP contribution in [0.4, 0.5) is 0 Å². The molecule has 2 heterocycles. The molecule has 2 aromatic carbocycles. The first-order chi connectivity index (χ1) is 14.8. The van der Waals surface area contributed by atoms with Crippen molar-refractivity contribution in [1.82, 2.24) is 25.4 Å². The number of aromatic nitrogens is 3. The van der Waals surface area contributed by atoms with Crippen LogP contribution in [0.25, 0.3) is 0 Å². The van der Waals surface area contributed by atoms with Gasteiger partial charge >= 0.3 is 0 Å². The van der Waals surface area contributed by atoms with Crippen LogP contribution < -0.4 is 5.32 Å². The summed E-state index contributed by atoms with van der Waals surface area (Å²) in [6.07, 6.45) is 5.48. The van der Waals surface area contributed by atoms with Crippen molar-refractivity contribution in [2.24, 2.45) is 0 Å². The number of thioether (sulfide) groups is 1. The lowest BCUT2D eigenvalue weighted by Crippen LogP contribution is -2.29. The number of piperidine rings is 1. The van der Waals surface area contributed by atoms with Crippen LogP contribution in [-0.4, -0.2) is 39.1 Å². The van der Waals surface area contributed by atoms with Crippen LogP contribution in [0.15, 0.2) is 60.0 Å². The third-order valence-corrected chi connectivity index (χ3v) is 6.26. The van der Waals surface area contributed by atoms with Crippen molar-refractivity contribution in [2.75, 3.05) is 13.1 Å². The summed E-state index contributed by atoms with van der Waals surface area (Å²) < 4.78 is 0. The number of benzene rings is 2. The first kappa shape index (κ1) is 20.6. The van der Waals surface area contributed by atoms with E-state index in [9.17, 15) is 4.79 Å². The molecular formula is C23H27N5OS. The lowest BCUT2D eigenvalue weighted by molar-refractivity contribution is 0.0951. The van der Waals surface area contributed by atoms with E-state index in [0.717, 1.165) is 28.6 Å². The van der Waals surface area contributed by atoms with Crippen LogP contribution in [0, 0.1) is 0 Å². The summed E-state index contributed by atoms with van der Waals surface area (Å²) in [7, 11) is 0. The average Bonchev–Trinajstić information content (AvgIpc) is 3.32. The van der Waals surface area contributed by atoms with Crippen molar-refractivity contribution < 1.29 is 4.79 Å². The topological polar surface area (TPSA) is 73.9 Å². The standard InChI is InChI=1S/C23H27N5OS/c29-22(21-10-8-20(9-11-21)16-30-23-25-17-26-27-23)24-14-18-4-6-19(7-5-18)15-28-12-2-1-3-13-28/h4-11,17H,1-3,12-16H2,(H,24,29)(H,25,26,27). The van der Waals surface area contributed by atoms with E-state index in [1.807, 2.05) is 24.3 Å². The molecule has 1 amide bonds. The number of amides is 1. The maximum Gasteiger partial charge on any atom is 0.251 e. The van der Waals surface area contributed by atoms with Gasteiger partial charge < -0.3 is 5.32 Å². The highest BCUT2D eigenvalue weighted by molar-refractivity contribution is 7.98. The Hall–Kier alpha value is -2.64. The fourth-order valence-corrected chi connectivity index (χ4v) is 4.33. The summed E-state index contributed by atoms with van der Waals surface area (Å²) in [5.41, 5.74) is 4.26. The van der Waals surface area contributed by atoms with E-state index in [1.165, 1.54) is 44.2 Å². The predicted octanol–water partition coefficient (Wildman–Crippen LogP) is 4.01. The summed E-state index contributed by atoms with van der Waals surface area (Å²) in [5.74, 6) is 0.725. The van der Waals surface area contributed by atoms with Gasteiger partial charge in [-0.05, 0) is 54.8 Å². The van der Waals surface area contributed by atoms with Gasteiger partial charge in [-0.1, -0.05) is 54.6 Å². The Balaban J connectivity index is 1.23. The zero-order chi connectivity index (χ0) is 20.6. The first-order valence-electron chi connectivity index (χ1n) is 10.4. The third kappa shape index (κ3) is 5.93. The van der Waals surface area contributed by atoms with E-state index in [0.29, 0.717) is 12.1 Å². The maximum absolute atomic E-state index is 12.5. The summed E-state index contributed by atoms with van der Waals surface area (Å²) in [5, 5.41) is 10.5. The minimum atomic E-state index is -0.0539. The van der Waals surface area contributed by atoms with Crippen LogP contribution >= 0.6 is 11.8 Å². The molecule has 0 aliphatic carbocycles. The van der Waals surface area contributed by atoms with Gasteiger partial charge in [-0.3, -0.25) is 14.8 Å². The quantitative estimate of drug-likeness (QED) is 0.538. The molecule has 4 rings (SSSR count). The number of carbonyl (C=O) groups is 1. The molecule has 30 heavy (non-hydrogen) atoms. The summed E-state index contributed by atoms with van der Waals surface area (Å²) in [4.78, 5) is 19.1. The van der Waals surface area contributed by atoms with Crippen molar-refractivity contribution in [1.29, 1.82) is 0 Å². The van der Waals surface area contributed by atoms with Gasteiger partial charge in [0.2, 0.25) is 0 Å². The molecule has 1 aliphatic rings. The molecule has 1 saturated heterocycles. The second-order valence-electron chi connectivity index (χ2n) is 7.61. The van der Waals surface area contributed by atoms with Crippen molar-refractivity contribution >= 4 is 17.7 Å². The number of H-pyrrole nitrogens is 1. The van der Waals surface area contributed by atoms with Gasteiger partial charge in [-0.25, -0.2) is 4.98 Å². The molecule has 0 radical (unpaired) electrons. The molecule has 7 heteroatoms. The number of hydrogen-bond acceptors (Lipinski definition) is 5. The first-order valence-corrected chi connectivity index (χ1v) is 11.4. The van der Waals surface area contributed by atoms with Crippen LogP contribution in [0.2, 0.25) is 0 Å². The summed E-state index contributed by atoms with van der Waals surface area (Å²) >= 11 is 1.58. The highest BCUT2D eigenvalue weighted by Gasteiger charge is 2.10. The third-order valence-electron chi connectivity index (χ3n) is 5.32. The number of carbonyl (C=O) groups excluding carboxylic acids is 1. The maximum atomic E-state index is 12.5. The van der Waals surface area contributed by atoms with Crippen LogP contribution in [-0.2, 0) is 18.8 Å². The summed E-state index contributed by atoms with van der Waals surface area (Å²) in [6, 6.07) is 16.3. The number of rotatable bonds is 8. The molecule has 1 aromatic heterocycles. The van der Waals surface area contributed by atoms with E-state index >= 15 is 0 Å². The van der Waals surface area contributed by atoms with Crippen LogP contribution in [0.1, 0.15) is 46.3 Å². The van der Waals surface area contributed by atoms with E-state index < -0.39 is 0 Å². The van der Waals surface area contributed by atoms with Crippen LogP contribution in [0.5, 0.6) is 0 Å². The van der Waals surface area contributed by atoms with E-state index in [2.05, 4.69) is 49.7 Å². The Morgan fingerprint density at radius 1 is 0.967 bits per heavy atom. The number of nitrogens with one attached hydrogen (secondary N) is 2. The Morgan fingerprint density at radius 3 is 2.37 bits per heavy atom. The highest BCUT2D eigenvalue weighted by atomic mass is 32.2. The molecule has 2 N–H and O–H groups in total. The van der Waals surface area contributed by atoms with Gasteiger partial charge in [0.15, 0.2) is 5.16 Å². The molecule has 0 saturated carbocycles. The molecule has 1 aliphatic heterocycles. The van der Waals surface area contributed by atoms with Gasteiger partial charge in [0, 0.05) is 24.4 Å². The fourth-order valence-electron chi connectivity index (χ4n) is 3.59. The molecule has 0 atom stereocenters. The zero-order valence-corrected chi connectivity index (χ0v) is 17.8. The van der Waals surface area contributed by atoms with Crippen LogP contribution in [0.3, 0.4) is 0 Å². The second kappa shape index (κ2) is 10.4. The predicted molar refractivity (Wildman–Crippen MR) is 119 cm³/mol. The van der Waals surface area contributed by atoms with Crippen molar-refractivity contribution in [2.45, 2.75) is 43.3 Å². The van der Waals surface area contributed by atoms with Crippen molar-refractivity contribution in [3.8, 4) is 0 Å². The lowest BCUT2D eigenvalue weighted by atomic mass is 10.1. The lowest BCUT2D eigenvalue weighted by Gasteiger charge is -2.26. The molecular weight excluding hydrogens is 394 g/mol. The molecule has 0 unspecified atom stereocenters. The molecule has 6 nitrogen and oxygen atoms in total. The fraction of sp³-hybridized carbons (Fsp3) is 0.348. The van der Waals surface area contributed by atoms with Crippen molar-refractivity contribution in [3.63, 3.8) is 0 Å². The number of hydrogen-bond donors (Lipinski definition) is 2. The Morgan fingerprint density at radius 2 is 1.67 bits per heavy atom. The Labute approximate surface area is 181 Å². The van der Waals surface area contributed by atoms with Gasteiger partial charge in [-0.15, -0.1) is 0 Å². The smallest absolute Gasteiger partial charge is 0.251 e. The van der Waals surface area contributed by atoms with Gasteiger partial charge in [0.05, 0.1) is 0 Å². The van der Waals surface area contributed by atoms with Crippen molar-refractivity contribution in [3.05, 3.63) is 77.1 Å². The molecule has 0 spiro atoms. The minimum absolute atomic E-state index is 0.0539. The molecule has 1 fully saturated rings. The number of nitrogens with zero attached hydrogens (tertiary/aromatic N) is 3. The summed E-state index contributed by atoms with van der Waals surface area (Å²) in [6.45, 7) is 3.96. The zero-order valence-electron chi connectivity index (χ0n) is 17.0. The Bertz CT molecular complexity index is 919. The van der Waals surface area contributed by atoms with Gasteiger partial charge in [0.1, 0.15) is 6.33 Å². The molecule has 3 aromatic rings. The minimum Gasteiger partial charge on any atom is -0.348 e. The normalized spacial score (nSPS) is 14.5. The highest BCUT2D eigenvalue weighted by Crippen LogP contribution is 2.18. The Kier molecular flexibility index (Phi) is 7.16. The largest absolute Gasteiger partial charge is 0.348 e. The second-order valence-corrected chi connectivity index (χ2v) is 8.58. The van der Waals surface area contributed by atoms with E-state index in [4.69, 9.17) is 0 Å². The van der Waals surface area contributed by atoms with E-state index in [1.54, 1.807) is 11.8 Å². The van der Waals surface area contributed by atoms with E-state index in [-0.39, 0.29) is 5.91 Å². The number of likely N-dealkylation sites (tertiary alicyclic amines) is 1.